The molecule has 7 nitrogen and oxygen atoms in total. The molecule has 4 rings (SSSR count). The van der Waals surface area contributed by atoms with Gasteiger partial charge in [-0.05, 0) is 36.4 Å². The zero-order chi connectivity index (χ0) is 18.1. The lowest BCUT2D eigenvalue weighted by atomic mass is 10.2. The Labute approximate surface area is 157 Å². The first kappa shape index (κ1) is 16.5. The fourth-order valence-electron chi connectivity index (χ4n) is 2.44. The number of nitrogens with zero attached hydrogens (tertiary/aromatic N) is 4. The molecule has 0 aliphatic heterocycles. The third kappa shape index (κ3) is 3.00. The van der Waals surface area contributed by atoms with Gasteiger partial charge in [0.1, 0.15) is 5.75 Å². The fraction of sp³-hybridized carbons (Fsp3) is 0.0588. The van der Waals surface area contributed by atoms with Gasteiger partial charge in [0.2, 0.25) is 10.1 Å². The minimum Gasteiger partial charge on any atom is -0.496 e. The Hall–Kier alpha value is -2.97. The standard InChI is InChI=1S/C17H12ClN5O2S/c1-25-13-5-3-2-4-12(13)14-20-21-17-23(14)22-16(26-17)19-15(24)10-6-8-11(18)9-7-10/h2-9H,1H3,(H,19,22,24). The second-order valence-electron chi connectivity index (χ2n) is 5.29. The first-order valence-electron chi connectivity index (χ1n) is 7.58. The fourth-order valence-corrected chi connectivity index (χ4v) is 3.30. The van der Waals surface area contributed by atoms with E-state index >= 15 is 0 Å². The van der Waals surface area contributed by atoms with Gasteiger partial charge in [0.15, 0.2) is 5.82 Å². The summed E-state index contributed by atoms with van der Waals surface area (Å²) in [5.41, 5.74) is 1.26. The third-order valence-corrected chi connectivity index (χ3v) is 4.73. The number of carbonyl (C=O) groups excluding carboxylic acids is 1. The van der Waals surface area contributed by atoms with E-state index in [2.05, 4.69) is 20.6 Å². The van der Waals surface area contributed by atoms with Crippen LogP contribution in [-0.4, -0.2) is 32.8 Å². The predicted molar refractivity (Wildman–Crippen MR) is 100 cm³/mol. The Bertz CT molecular complexity index is 1090. The van der Waals surface area contributed by atoms with Gasteiger partial charge in [0.25, 0.3) is 5.91 Å². The van der Waals surface area contributed by atoms with Gasteiger partial charge in [-0.3, -0.25) is 10.1 Å². The predicted octanol–water partition coefficient (Wildman–Crippen LogP) is 3.77. The van der Waals surface area contributed by atoms with E-state index in [1.807, 2.05) is 24.3 Å². The van der Waals surface area contributed by atoms with Crippen molar-refractivity contribution in [3.05, 3.63) is 59.1 Å². The van der Waals surface area contributed by atoms with Gasteiger partial charge in [0, 0.05) is 10.6 Å². The number of hydrogen-bond donors (Lipinski definition) is 1. The minimum absolute atomic E-state index is 0.273. The molecule has 1 N–H and O–H groups in total. The Morgan fingerprint density at radius 2 is 1.92 bits per heavy atom. The SMILES string of the molecule is COc1ccccc1-c1nnc2sc(NC(=O)c3ccc(Cl)cc3)nn12. The average molecular weight is 386 g/mol. The van der Waals surface area contributed by atoms with Crippen LogP contribution >= 0.6 is 22.9 Å². The van der Waals surface area contributed by atoms with E-state index in [9.17, 15) is 4.79 Å². The third-order valence-electron chi connectivity index (χ3n) is 3.67. The lowest BCUT2D eigenvalue weighted by Gasteiger charge is -2.05. The molecule has 0 radical (unpaired) electrons. The summed E-state index contributed by atoms with van der Waals surface area (Å²) in [7, 11) is 1.59. The molecule has 9 heteroatoms. The Morgan fingerprint density at radius 3 is 2.69 bits per heavy atom. The van der Waals surface area contributed by atoms with Crippen molar-refractivity contribution in [1.29, 1.82) is 0 Å². The normalized spacial score (nSPS) is 10.8. The number of nitrogens with one attached hydrogen (secondary N) is 1. The van der Waals surface area contributed by atoms with E-state index < -0.39 is 0 Å². The summed E-state index contributed by atoms with van der Waals surface area (Å²) in [4.78, 5) is 12.9. The van der Waals surface area contributed by atoms with Crippen LogP contribution in [0.3, 0.4) is 0 Å². The smallest absolute Gasteiger partial charge is 0.257 e. The molecule has 1 amide bonds. The lowest BCUT2D eigenvalue weighted by Crippen LogP contribution is -2.11. The minimum atomic E-state index is -0.273. The molecular weight excluding hydrogens is 374 g/mol. The second kappa shape index (κ2) is 6.74. The molecule has 0 saturated heterocycles. The van der Waals surface area contributed by atoms with Crippen molar-refractivity contribution >= 4 is 38.9 Å². The second-order valence-corrected chi connectivity index (χ2v) is 6.68. The van der Waals surface area contributed by atoms with E-state index in [0.29, 0.717) is 32.3 Å². The van der Waals surface area contributed by atoms with Gasteiger partial charge in [-0.1, -0.05) is 35.1 Å². The monoisotopic (exact) mass is 385 g/mol. The Balaban J connectivity index is 1.66. The number of ether oxygens (including phenoxy) is 1. The van der Waals surface area contributed by atoms with Crippen molar-refractivity contribution < 1.29 is 9.53 Å². The largest absolute Gasteiger partial charge is 0.496 e. The lowest BCUT2D eigenvalue weighted by molar-refractivity contribution is 0.102. The summed E-state index contributed by atoms with van der Waals surface area (Å²) < 4.78 is 6.95. The van der Waals surface area contributed by atoms with Crippen molar-refractivity contribution in [2.24, 2.45) is 0 Å². The number of methoxy groups -OCH3 is 1. The molecule has 2 aromatic heterocycles. The van der Waals surface area contributed by atoms with E-state index in [1.54, 1.807) is 35.9 Å². The number of fused-ring (bicyclic) bond motifs is 1. The summed E-state index contributed by atoms with van der Waals surface area (Å²) in [5, 5.41) is 16.5. The number of aromatic nitrogens is 4. The van der Waals surface area contributed by atoms with E-state index in [0.717, 1.165) is 5.56 Å². The molecule has 4 aromatic rings. The number of carbonyl (C=O) groups is 1. The Kier molecular flexibility index (Phi) is 4.27. The summed E-state index contributed by atoms with van der Waals surface area (Å²) in [6, 6.07) is 14.1. The maximum atomic E-state index is 12.3. The highest BCUT2D eigenvalue weighted by atomic mass is 35.5. The number of hydrogen-bond acceptors (Lipinski definition) is 6. The number of para-hydroxylation sites is 1. The average Bonchev–Trinajstić information content (AvgIpc) is 3.22. The van der Waals surface area contributed by atoms with Crippen LogP contribution in [0, 0.1) is 0 Å². The van der Waals surface area contributed by atoms with Crippen LogP contribution < -0.4 is 10.1 Å². The number of anilines is 1. The van der Waals surface area contributed by atoms with Crippen molar-refractivity contribution in [3.8, 4) is 17.1 Å². The van der Waals surface area contributed by atoms with E-state index in [-0.39, 0.29) is 5.91 Å². The van der Waals surface area contributed by atoms with Crippen LogP contribution in [-0.2, 0) is 0 Å². The van der Waals surface area contributed by atoms with Crippen molar-refractivity contribution in [2.75, 3.05) is 12.4 Å². The highest BCUT2D eigenvalue weighted by Crippen LogP contribution is 2.30. The number of amides is 1. The number of benzene rings is 2. The van der Waals surface area contributed by atoms with Crippen LogP contribution in [0.1, 0.15) is 10.4 Å². The first-order chi connectivity index (χ1) is 12.7. The maximum Gasteiger partial charge on any atom is 0.257 e. The van der Waals surface area contributed by atoms with Gasteiger partial charge < -0.3 is 4.74 Å². The molecule has 0 atom stereocenters. The van der Waals surface area contributed by atoms with Crippen molar-refractivity contribution in [1.82, 2.24) is 19.8 Å². The quantitative estimate of drug-likeness (QED) is 0.578. The molecule has 0 aliphatic carbocycles. The van der Waals surface area contributed by atoms with Crippen molar-refractivity contribution in [2.45, 2.75) is 0 Å². The highest BCUT2D eigenvalue weighted by molar-refractivity contribution is 7.20. The molecule has 2 heterocycles. The van der Waals surface area contributed by atoms with Crippen molar-refractivity contribution in [3.63, 3.8) is 0 Å². The van der Waals surface area contributed by atoms with Gasteiger partial charge in [-0.25, -0.2) is 0 Å². The molecule has 0 saturated carbocycles. The molecule has 0 bridgehead atoms. The van der Waals surface area contributed by atoms with Gasteiger partial charge in [-0.2, -0.15) is 4.52 Å². The zero-order valence-electron chi connectivity index (χ0n) is 13.5. The van der Waals surface area contributed by atoms with Crippen LogP contribution in [0.5, 0.6) is 5.75 Å². The van der Waals surface area contributed by atoms with Gasteiger partial charge in [-0.15, -0.1) is 15.3 Å². The van der Waals surface area contributed by atoms with Crippen LogP contribution in [0.25, 0.3) is 16.3 Å². The topological polar surface area (TPSA) is 81.4 Å². The van der Waals surface area contributed by atoms with E-state index in [1.165, 1.54) is 11.3 Å². The summed E-state index contributed by atoms with van der Waals surface area (Å²) >= 11 is 7.08. The molecule has 2 aromatic carbocycles. The van der Waals surface area contributed by atoms with Gasteiger partial charge >= 0.3 is 0 Å². The van der Waals surface area contributed by atoms with Crippen LogP contribution in [0.15, 0.2) is 48.5 Å². The molecule has 0 aliphatic rings. The first-order valence-corrected chi connectivity index (χ1v) is 8.77. The number of halogens is 1. The van der Waals surface area contributed by atoms with E-state index in [4.69, 9.17) is 16.3 Å². The summed E-state index contributed by atoms with van der Waals surface area (Å²) in [6.45, 7) is 0. The molecule has 130 valence electrons. The Morgan fingerprint density at radius 1 is 1.15 bits per heavy atom. The molecule has 0 fully saturated rings. The molecule has 26 heavy (non-hydrogen) atoms. The molecule has 0 spiro atoms. The summed E-state index contributed by atoms with van der Waals surface area (Å²) in [6.07, 6.45) is 0. The van der Waals surface area contributed by atoms with Gasteiger partial charge in [0.05, 0.1) is 12.7 Å². The van der Waals surface area contributed by atoms with Crippen LogP contribution in [0.2, 0.25) is 5.02 Å². The zero-order valence-corrected chi connectivity index (χ0v) is 15.1. The number of rotatable bonds is 4. The highest BCUT2D eigenvalue weighted by Gasteiger charge is 2.17. The molecular formula is C17H12ClN5O2S. The summed E-state index contributed by atoms with van der Waals surface area (Å²) in [5.74, 6) is 0.938. The van der Waals surface area contributed by atoms with Crippen LogP contribution in [0.4, 0.5) is 5.13 Å². The molecule has 0 unspecified atom stereocenters. The maximum absolute atomic E-state index is 12.3.